The van der Waals surface area contributed by atoms with Gasteiger partial charge in [-0.1, -0.05) is 0 Å². The monoisotopic (exact) mass is 363 g/mol. The van der Waals surface area contributed by atoms with Crippen LogP contribution in [-0.4, -0.2) is 67.6 Å². The summed E-state index contributed by atoms with van der Waals surface area (Å²) in [5.41, 5.74) is -0.133. The molecule has 1 atom stereocenters. The fraction of sp³-hybridized carbons (Fsp3) is 0.632. The number of rotatable bonds is 6. The van der Waals surface area contributed by atoms with Gasteiger partial charge in [0.15, 0.2) is 0 Å². The van der Waals surface area contributed by atoms with Crippen molar-refractivity contribution in [3.8, 4) is 5.75 Å². The summed E-state index contributed by atoms with van der Waals surface area (Å²) in [5, 5.41) is 16.0. The van der Waals surface area contributed by atoms with E-state index in [0.717, 1.165) is 38.3 Å². The first-order chi connectivity index (χ1) is 12.5. The Labute approximate surface area is 154 Å². The molecule has 7 nitrogen and oxygen atoms in total. The Bertz CT molecular complexity index is 579. The topological polar surface area (TPSA) is 83.1 Å². The van der Waals surface area contributed by atoms with Gasteiger partial charge >= 0.3 is 6.03 Å². The Hall–Kier alpha value is -1.83. The first-order valence-electron chi connectivity index (χ1n) is 9.33. The van der Waals surface area contributed by atoms with Crippen molar-refractivity contribution in [3.05, 3.63) is 24.3 Å². The minimum Gasteiger partial charge on any atom is -0.491 e. The second-order valence-electron chi connectivity index (χ2n) is 7.31. The Morgan fingerprint density at radius 3 is 2.73 bits per heavy atom. The van der Waals surface area contributed by atoms with Crippen molar-refractivity contribution >= 4 is 11.7 Å². The minimum atomic E-state index is -0.816. The Morgan fingerprint density at radius 1 is 1.35 bits per heavy atom. The lowest BCUT2D eigenvalue weighted by molar-refractivity contribution is -0.0120. The van der Waals surface area contributed by atoms with E-state index in [9.17, 15) is 9.90 Å². The number of urea groups is 1. The van der Waals surface area contributed by atoms with E-state index in [4.69, 9.17) is 9.47 Å². The summed E-state index contributed by atoms with van der Waals surface area (Å²) in [7, 11) is 2.04. The van der Waals surface area contributed by atoms with Crippen LogP contribution in [0.5, 0.6) is 5.75 Å². The number of nitrogens with zero attached hydrogens (tertiary/aromatic N) is 1. The van der Waals surface area contributed by atoms with E-state index in [-0.39, 0.29) is 18.7 Å². The predicted molar refractivity (Wildman–Crippen MR) is 99.6 cm³/mol. The number of carbonyl (C=O) groups excluding carboxylic acids is 1. The molecule has 3 rings (SSSR count). The molecule has 0 radical (unpaired) electrons. The van der Waals surface area contributed by atoms with E-state index < -0.39 is 5.60 Å². The molecule has 0 bridgehead atoms. The van der Waals surface area contributed by atoms with Gasteiger partial charge in [0, 0.05) is 31.9 Å². The van der Waals surface area contributed by atoms with Crippen molar-refractivity contribution in [3.63, 3.8) is 0 Å². The molecule has 2 heterocycles. The lowest BCUT2D eigenvalue weighted by atomic mass is 9.92. The second-order valence-corrected chi connectivity index (χ2v) is 7.31. The smallest absolute Gasteiger partial charge is 0.319 e. The molecule has 0 aromatic heterocycles. The van der Waals surface area contributed by atoms with E-state index in [0.29, 0.717) is 25.1 Å². The maximum Gasteiger partial charge on any atom is 0.319 e. The summed E-state index contributed by atoms with van der Waals surface area (Å²) in [6.45, 7) is 3.31. The zero-order valence-corrected chi connectivity index (χ0v) is 15.4. The highest BCUT2D eigenvalue weighted by molar-refractivity contribution is 5.89. The van der Waals surface area contributed by atoms with Gasteiger partial charge in [-0.2, -0.15) is 0 Å². The van der Waals surface area contributed by atoms with Gasteiger partial charge in [0.05, 0.1) is 11.7 Å². The average Bonchev–Trinajstić information content (AvgIpc) is 3.16. The molecule has 2 aliphatic heterocycles. The summed E-state index contributed by atoms with van der Waals surface area (Å²) < 4.78 is 11.2. The molecule has 7 heteroatoms. The number of hydrogen-bond acceptors (Lipinski definition) is 5. The standard InChI is InChI=1S/C19H29N3O4/c1-22-10-8-19(24,9-11-22)14-20-18(23)21-15-4-6-16(7-5-15)26-13-17-3-2-12-25-17/h4-7,17,24H,2-3,8-14H2,1H3,(H2,20,21,23)/t17-/m0/s1. The molecule has 2 aliphatic rings. The number of ether oxygens (including phenoxy) is 2. The van der Waals surface area contributed by atoms with Crippen LogP contribution in [0.15, 0.2) is 24.3 Å². The summed E-state index contributed by atoms with van der Waals surface area (Å²) in [6.07, 6.45) is 3.66. The van der Waals surface area contributed by atoms with Gasteiger partial charge in [-0.3, -0.25) is 0 Å². The predicted octanol–water partition coefficient (Wildman–Crippen LogP) is 1.82. The van der Waals surface area contributed by atoms with Crippen molar-refractivity contribution in [2.75, 3.05) is 45.2 Å². The molecule has 0 spiro atoms. The quantitative estimate of drug-likeness (QED) is 0.718. The SMILES string of the molecule is CN1CCC(O)(CNC(=O)Nc2ccc(OC[C@@H]3CCCO3)cc2)CC1. The number of anilines is 1. The molecule has 3 N–H and O–H groups in total. The number of nitrogens with one attached hydrogen (secondary N) is 2. The highest BCUT2D eigenvalue weighted by atomic mass is 16.5. The molecule has 2 amide bonds. The zero-order chi connectivity index (χ0) is 18.4. The van der Waals surface area contributed by atoms with E-state index in [1.54, 1.807) is 12.1 Å². The Kier molecular flexibility index (Phi) is 6.34. The minimum absolute atomic E-state index is 0.184. The Balaban J connectivity index is 1.39. The molecule has 26 heavy (non-hydrogen) atoms. The van der Waals surface area contributed by atoms with Gasteiger partial charge in [-0.05, 0) is 57.0 Å². The molecular weight excluding hydrogens is 334 g/mol. The number of piperidine rings is 1. The van der Waals surface area contributed by atoms with Crippen molar-refractivity contribution in [2.45, 2.75) is 37.4 Å². The molecule has 2 saturated heterocycles. The third-order valence-electron chi connectivity index (χ3n) is 5.07. The molecule has 1 aromatic carbocycles. The van der Waals surface area contributed by atoms with Crippen molar-refractivity contribution < 1.29 is 19.4 Å². The van der Waals surface area contributed by atoms with Crippen LogP contribution in [0.25, 0.3) is 0 Å². The highest BCUT2D eigenvalue weighted by Gasteiger charge is 2.31. The first kappa shape index (κ1) is 18.9. The molecular formula is C19H29N3O4. The maximum atomic E-state index is 12.1. The number of likely N-dealkylation sites (tertiary alicyclic amines) is 1. The van der Waals surface area contributed by atoms with Crippen LogP contribution < -0.4 is 15.4 Å². The van der Waals surface area contributed by atoms with E-state index >= 15 is 0 Å². The van der Waals surface area contributed by atoms with Gasteiger partial charge in [-0.15, -0.1) is 0 Å². The number of amides is 2. The van der Waals surface area contributed by atoms with Gasteiger partial charge in [0.25, 0.3) is 0 Å². The fourth-order valence-corrected chi connectivity index (χ4v) is 3.23. The van der Waals surface area contributed by atoms with Crippen LogP contribution in [0.2, 0.25) is 0 Å². The largest absolute Gasteiger partial charge is 0.491 e. The normalized spacial score (nSPS) is 22.8. The van der Waals surface area contributed by atoms with Crippen molar-refractivity contribution in [1.29, 1.82) is 0 Å². The van der Waals surface area contributed by atoms with Crippen molar-refractivity contribution in [1.82, 2.24) is 10.2 Å². The lowest BCUT2D eigenvalue weighted by Gasteiger charge is -2.36. The molecule has 0 aliphatic carbocycles. The fourth-order valence-electron chi connectivity index (χ4n) is 3.23. The molecule has 2 fully saturated rings. The van der Waals surface area contributed by atoms with E-state index in [2.05, 4.69) is 15.5 Å². The van der Waals surface area contributed by atoms with Crippen LogP contribution in [0.4, 0.5) is 10.5 Å². The van der Waals surface area contributed by atoms with Crippen LogP contribution >= 0.6 is 0 Å². The van der Waals surface area contributed by atoms with Gasteiger partial charge in [-0.25, -0.2) is 4.79 Å². The van der Waals surface area contributed by atoms with Crippen LogP contribution in [0.3, 0.4) is 0 Å². The van der Waals surface area contributed by atoms with E-state index in [1.807, 2.05) is 19.2 Å². The maximum absolute atomic E-state index is 12.1. The van der Waals surface area contributed by atoms with Gasteiger partial charge in [0.1, 0.15) is 12.4 Å². The molecule has 144 valence electrons. The summed E-state index contributed by atoms with van der Waals surface area (Å²) in [5.74, 6) is 0.757. The third-order valence-corrected chi connectivity index (χ3v) is 5.07. The lowest BCUT2D eigenvalue weighted by Crippen LogP contribution is -2.50. The average molecular weight is 363 g/mol. The zero-order valence-electron chi connectivity index (χ0n) is 15.4. The van der Waals surface area contributed by atoms with Crippen LogP contribution in [0.1, 0.15) is 25.7 Å². The third kappa shape index (κ3) is 5.59. The van der Waals surface area contributed by atoms with Crippen LogP contribution in [0, 0.1) is 0 Å². The Morgan fingerprint density at radius 2 is 2.08 bits per heavy atom. The number of hydrogen-bond donors (Lipinski definition) is 3. The van der Waals surface area contributed by atoms with E-state index in [1.165, 1.54) is 0 Å². The summed E-state index contributed by atoms with van der Waals surface area (Å²) in [4.78, 5) is 14.2. The summed E-state index contributed by atoms with van der Waals surface area (Å²) >= 11 is 0. The molecule has 0 unspecified atom stereocenters. The van der Waals surface area contributed by atoms with Crippen molar-refractivity contribution in [2.24, 2.45) is 0 Å². The molecule has 0 saturated carbocycles. The number of benzene rings is 1. The summed E-state index contributed by atoms with van der Waals surface area (Å²) in [6, 6.07) is 6.94. The van der Waals surface area contributed by atoms with Gasteiger partial charge < -0.3 is 30.1 Å². The first-order valence-corrected chi connectivity index (χ1v) is 9.33. The van der Waals surface area contributed by atoms with Gasteiger partial charge in [0.2, 0.25) is 0 Å². The number of carbonyl (C=O) groups is 1. The van der Waals surface area contributed by atoms with Crippen LogP contribution in [-0.2, 0) is 4.74 Å². The highest BCUT2D eigenvalue weighted by Crippen LogP contribution is 2.21. The second kappa shape index (κ2) is 8.70. The molecule has 1 aromatic rings. The number of aliphatic hydroxyl groups is 1.